The fourth-order valence-corrected chi connectivity index (χ4v) is 7.41. The summed E-state index contributed by atoms with van der Waals surface area (Å²) in [5.41, 5.74) is 8.11. The maximum Gasteiger partial charge on any atom is 0.258 e. The number of ether oxygens (including phenoxy) is 1. The zero-order chi connectivity index (χ0) is 43.4. The third-order valence-electron chi connectivity index (χ3n) is 10.3. The molecule has 6 amide bonds. The van der Waals surface area contributed by atoms with Crippen molar-refractivity contribution in [3.63, 3.8) is 0 Å². The summed E-state index contributed by atoms with van der Waals surface area (Å²) in [5, 5.41) is 22.3. The van der Waals surface area contributed by atoms with Crippen LogP contribution in [0.2, 0.25) is 0 Å². The van der Waals surface area contributed by atoms with Crippen LogP contribution in [0.5, 0.6) is 5.75 Å². The molecule has 0 aromatic heterocycles. The van der Waals surface area contributed by atoms with Crippen LogP contribution in [0.15, 0.2) is 78.9 Å². The van der Waals surface area contributed by atoms with Gasteiger partial charge in [0.25, 0.3) is 11.8 Å². The summed E-state index contributed by atoms with van der Waals surface area (Å²) in [6, 6.07) is 20.9. The summed E-state index contributed by atoms with van der Waals surface area (Å²) in [4.78, 5) is 84.3. The van der Waals surface area contributed by atoms with Gasteiger partial charge in [0.2, 0.25) is 23.6 Å². The van der Waals surface area contributed by atoms with Gasteiger partial charge in [0.05, 0.1) is 18.2 Å². The summed E-state index contributed by atoms with van der Waals surface area (Å²) in [5.74, 6) is -3.74. The van der Waals surface area contributed by atoms with E-state index in [1.807, 2.05) is 45.0 Å². The predicted octanol–water partition coefficient (Wildman–Crippen LogP) is 1.70. The van der Waals surface area contributed by atoms with E-state index < -0.39 is 66.4 Å². The first-order chi connectivity index (χ1) is 28.6. The van der Waals surface area contributed by atoms with Crippen molar-refractivity contribution < 1.29 is 38.6 Å². The fraction of sp³-hybridized carbons (Fsp3) is 0.455. The highest BCUT2D eigenvalue weighted by Gasteiger charge is 2.41. The van der Waals surface area contributed by atoms with Crippen molar-refractivity contribution in [1.82, 2.24) is 25.8 Å². The lowest BCUT2D eigenvalue weighted by Crippen LogP contribution is -2.59. The Morgan fingerprint density at radius 2 is 1.52 bits per heavy atom. The number of nitrogens with zero attached hydrogens (tertiary/aromatic N) is 3. The van der Waals surface area contributed by atoms with E-state index in [9.17, 15) is 33.9 Å². The quantitative estimate of drug-likeness (QED) is 0.116. The minimum absolute atomic E-state index is 0.0117. The molecule has 60 heavy (non-hydrogen) atoms. The number of anilines is 2. The number of likely N-dealkylation sites (tertiary alicyclic amines) is 1. The molecule has 2 saturated heterocycles. The second kappa shape index (κ2) is 20.8. The molecule has 4 atom stereocenters. The predicted molar refractivity (Wildman–Crippen MR) is 227 cm³/mol. The van der Waals surface area contributed by atoms with E-state index in [0.717, 1.165) is 38.4 Å². The van der Waals surface area contributed by atoms with Crippen LogP contribution in [0.3, 0.4) is 0 Å². The smallest absolute Gasteiger partial charge is 0.258 e. The first kappa shape index (κ1) is 45.1. The normalized spacial score (nSPS) is 17.2. The van der Waals surface area contributed by atoms with Gasteiger partial charge >= 0.3 is 0 Å². The lowest BCUT2D eigenvalue weighted by Gasteiger charge is -2.36. The number of hydrogen-bond acceptors (Lipinski definition) is 10. The van der Waals surface area contributed by atoms with Gasteiger partial charge in [0, 0.05) is 57.4 Å². The molecule has 2 aliphatic rings. The number of nitrogens with one attached hydrogen (secondary N) is 4. The van der Waals surface area contributed by atoms with E-state index in [1.165, 1.54) is 17.4 Å². The van der Waals surface area contributed by atoms with Gasteiger partial charge in [-0.2, -0.15) is 0 Å². The first-order valence-electron chi connectivity index (χ1n) is 20.3. The van der Waals surface area contributed by atoms with E-state index >= 15 is 0 Å². The Bertz CT molecular complexity index is 1970. The van der Waals surface area contributed by atoms with Crippen LogP contribution in [-0.2, 0) is 41.7 Å². The molecule has 0 bridgehead atoms. The summed E-state index contributed by atoms with van der Waals surface area (Å²) in [7, 11) is 0. The van der Waals surface area contributed by atoms with E-state index in [2.05, 4.69) is 43.2 Å². The van der Waals surface area contributed by atoms with E-state index in [0.29, 0.717) is 24.1 Å². The van der Waals surface area contributed by atoms with Crippen molar-refractivity contribution in [3.05, 3.63) is 90.0 Å². The third kappa shape index (κ3) is 13.3. The number of benzene rings is 3. The molecule has 3 aromatic rings. The van der Waals surface area contributed by atoms with E-state index in [4.69, 9.17) is 10.5 Å². The molecule has 2 aliphatic heterocycles. The maximum absolute atomic E-state index is 13.8. The zero-order valence-electron chi connectivity index (χ0n) is 34.8. The standard InChI is InChI=1S/C44H58N8O8/c1-29(53)46-33-25-32(51-22-20-50(21-23-51)27-31-14-9-6-10-15-31)17-18-37(33)60-28-39(55)47-35(26-38(45)54)41(57)48-34(24-30-12-7-5-8-13-30)40(56)43(59)52-19-11-16-36(52)42(58)49-44(2,3)4/h5-10,12-15,17-18,25,34-36,40,56H,11,16,19-24,26-28H2,1-4H3,(H2,45,54)(H,46,53)(H,47,55)(H,48,57)(H,49,58)/t34-,35-,36-,40-/m0/s1. The number of carbonyl (C=O) groups is 6. The van der Waals surface area contributed by atoms with Crippen LogP contribution in [0.25, 0.3) is 0 Å². The van der Waals surface area contributed by atoms with Crippen LogP contribution < -0.4 is 36.6 Å². The van der Waals surface area contributed by atoms with Crippen LogP contribution in [0.1, 0.15) is 58.1 Å². The van der Waals surface area contributed by atoms with Crippen LogP contribution in [-0.4, -0.2) is 119 Å². The fourth-order valence-electron chi connectivity index (χ4n) is 7.41. The number of primary amides is 1. The summed E-state index contributed by atoms with van der Waals surface area (Å²) in [6.45, 7) is 10.6. The zero-order valence-corrected chi connectivity index (χ0v) is 34.8. The molecule has 16 heteroatoms. The van der Waals surface area contributed by atoms with Crippen molar-refractivity contribution in [2.24, 2.45) is 5.73 Å². The number of piperazine rings is 1. The Hall–Kier alpha value is -6.00. The van der Waals surface area contributed by atoms with E-state index in [1.54, 1.807) is 42.5 Å². The van der Waals surface area contributed by atoms with Gasteiger partial charge in [0.1, 0.15) is 17.8 Å². The first-order valence-corrected chi connectivity index (χ1v) is 20.3. The Balaban J connectivity index is 1.24. The number of rotatable bonds is 17. The molecule has 0 aliphatic carbocycles. The van der Waals surface area contributed by atoms with Crippen molar-refractivity contribution in [3.8, 4) is 5.75 Å². The Labute approximate surface area is 351 Å². The molecular formula is C44H58N8O8. The summed E-state index contributed by atoms with van der Waals surface area (Å²) >= 11 is 0. The topological polar surface area (TPSA) is 216 Å². The van der Waals surface area contributed by atoms with Gasteiger partial charge < -0.3 is 46.6 Å². The van der Waals surface area contributed by atoms with Crippen LogP contribution in [0.4, 0.5) is 11.4 Å². The highest BCUT2D eigenvalue weighted by Crippen LogP contribution is 2.31. The highest BCUT2D eigenvalue weighted by molar-refractivity contribution is 5.94. The van der Waals surface area contributed by atoms with E-state index in [-0.39, 0.29) is 30.5 Å². The Morgan fingerprint density at radius 3 is 2.13 bits per heavy atom. The number of nitrogens with two attached hydrogens (primary N) is 1. The Morgan fingerprint density at radius 1 is 0.867 bits per heavy atom. The van der Waals surface area contributed by atoms with Gasteiger partial charge in [-0.25, -0.2) is 0 Å². The molecule has 0 saturated carbocycles. The number of hydrogen-bond donors (Lipinski definition) is 6. The van der Waals surface area contributed by atoms with Crippen molar-refractivity contribution in [2.75, 3.05) is 49.5 Å². The largest absolute Gasteiger partial charge is 0.482 e. The van der Waals surface area contributed by atoms with Crippen molar-refractivity contribution in [1.29, 1.82) is 0 Å². The summed E-state index contributed by atoms with van der Waals surface area (Å²) < 4.78 is 5.83. The van der Waals surface area contributed by atoms with Gasteiger partial charge in [-0.1, -0.05) is 60.7 Å². The van der Waals surface area contributed by atoms with Gasteiger partial charge in [-0.3, -0.25) is 33.7 Å². The molecule has 0 unspecified atom stereocenters. The third-order valence-corrected chi connectivity index (χ3v) is 10.3. The molecule has 3 aromatic carbocycles. The monoisotopic (exact) mass is 826 g/mol. The molecule has 2 fully saturated rings. The minimum atomic E-state index is -1.78. The molecule has 0 radical (unpaired) electrons. The van der Waals surface area contributed by atoms with Gasteiger partial charge in [-0.15, -0.1) is 0 Å². The number of amides is 6. The average molecular weight is 827 g/mol. The maximum atomic E-state index is 13.8. The van der Waals surface area contributed by atoms with Crippen LogP contribution >= 0.6 is 0 Å². The van der Waals surface area contributed by atoms with Gasteiger partial charge in [-0.05, 0) is 69.4 Å². The number of carbonyl (C=O) groups excluding carboxylic acids is 6. The second-order valence-corrected chi connectivity index (χ2v) is 16.4. The number of aliphatic hydroxyl groups is 1. The molecule has 0 spiro atoms. The Kier molecular flexibility index (Phi) is 15.6. The van der Waals surface area contributed by atoms with Crippen LogP contribution in [0, 0.1) is 0 Å². The highest BCUT2D eigenvalue weighted by atomic mass is 16.5. The molecule has 322 valence electrons. The molecule has 2 heterocycles. The lowest BCUT2D eigenvalue weighted by atomic mass is 9.99. The van der Waals surface area contributed by atoms with Crippen molar-refractivity contribution >= 4 is 46.8 Å². The minimum Gasteiger partial charge on any atom is -0.482 e. The SMILES string of the molecule is CC(=O)Nc1cc(N2CCN(Cc3ccccc3)CC2)ccc1OCC(=O)N[C@@H](CC(N)=O)C(=O)N[C@@H](Cc1ccccc1)[C@H](O)C(=O)N1CCC[C@H]1C(=O)NC(C)(C)C. The molecule has 5 rings (SSSR count). The molecular weight excluding hydrogens is 769 g/mol. The second-order valence-electron chi connectivity index (χ2n) is 16.4. The van der Waals surface area contributed by atoms with Gasteiger partial charge in [0.15, 0.2) is 12.7 Å². The average Bonchev–Trinajstić information content (AvgIpc) is 3.70. The lowest BCUT2D eigenvalue weighted by molar-refractivity contribution is -0.147. The molecule has 16 nitrogen and oxygen atoms in total. The molecule has 7 N–H and O–H groups in total. The summed E-state index contributed by atoms with van der Waals surface area (Å²) in [6.07, 6.45) is -1.40. The van der Waals surface area contributed by atoms with Crippen molar-refractivity contribution in [2.45, 2.75) is 89.7 Å². The number of aliphatic hydroxyl groups excluding tert-OH is 1.